The Morgan fingerprint density at radius 1 is 0.955 bits per heavy atom. The number of benzene rings is 1. The summed E-state index contributed by atoms with van der Waals surface area (Å²) in [6, 6.07) is 6.76. The Bertz CT molecular complexity index is 495. The Balaban J connectivity index is 2.10. The van der Waals surface area contributed by atoms with Gasteiger partial charge in [-0.3, -0.25) is 4.18 Å². The molecule has 3 nitrogen and oxygen atoms in total. The molecular weight excluding hydrogens is 316 g/mol. The molecule has 5 heteroatoms. The van der Waals surface area contributed by atoms with E-state index in [9.17, 15) is 8.42 Å². The summed E-state index contributed by atoms with van der Waals surface area (Å²) < 4.78 is 29.0. The summed E-state index contributed by atoms with van der Waals surface area (Å²) in [5, 5.41) is 0. The molecule has 0 saturated carbocycles. The highest BCUT2D eigenvalue weighted by Crippen LogP contribution is 2.14. The fourth-order valence-corrected chi connectivity index (χ4v) is 3.74. The summed E-state index contributed by atoms with van der Waals surface area (Å²) in [5.74, 6) is 2.46. The van der Waals surface area contributed by atoms with Gasteiger partial charge in [-0.15, -0.1) is 0 Å². The van der Waals surface area contributed by atoms with Crippen LogP contribution in [0.15, 0.2) is 29.2 Å². The lowest BCUT2D eigenvalue weighted by Crippen LogP contribution is -2.07. The quantitative estimate of drug-likeness (QED) is 0.404. The van der Waals surface area contributed by atoms with Crippen molar-refractivity contribution in [3.05, 3.63) is 29.8 Å². The SMILES string of the molecule is CCSCCCCCCCCOS(=O)(=O)c1ccc(C)cc1. The van der Waals surface area contributed by atoms with Crippen molar-refractivity contribution in [2.45, 2.75) is 57.3 Å². The highest BCUT2D eigenvalue weighted by molar-refractivity contribution is 7.99. The second-order valence-electron chi connectivity index (χ2n) is 5.41. The van der Waals surface area contributed by atoms with Gasteiger partial charge in [-0.05, 0) is 43.4 Å². The molecule has 0 radical (unpaired) electrons. The molecule has 1 rings (SSSR count). The molecule has 0 aliphatic carbocycles. The lowest BCUT2D eigenvalue weighted by Gasteiger charge is -2.06. The van der Waals surface area contributed by atoms with Crippen molar-refractivity contribution in [1.29, 1.82) is 0 Å². The molecule has 0 aliphatic heterocycles. The second kappa shape index (κ2) is 11.1. The normalized spacial score (nSPS) is 11.7. The van der Waals surface area contributed by atoms with E-state index in [1.165, 1.54) is 30.8 Å². The molecule has 0 saturated heterocycles. The van der Waals surface area contributed by atoms with E-state index in [1.807, 2.05) is 18.7 Å². The summed E-state index contributed by atoms with van der Waals surface area (Å²) >= 11 is 1.99. The minimum absolute atomic E-state index is 0.242. The Morgan fingerprint density at radius 3 is 2.18 bits per heavy atom. The van der Waals surface area contributed by atoms with Gasteiger partial charge >= 0.3 is 0 Å². The van der Waals surface area contributed by atoms with Gasteiger partial charge in [0.15, 0.2) is 0 Å². The van der Waals surface area contributed by atoms with Gasteiger partial charge < -0.3 is 0 Å². The van der Waals surface area contributed by atoms with E-state index in [-0.39, 0.29) is 11.5 Å². The van der Waals surface area contributed by atoms with Crippen molar-refractivity contribution in [2.75, 3.05) is 18.1 Å². The number of unbranched alkanes of at least 4 members (excludes halogenated alkanes) is 5. The molecule has 22 heavy (non-hydrogen) atoms. The molecule has 0 heterocycles. The predicted molar refractivity (Wildman–Crippen MR) is 95.0 cm³/mol. The highest BCUT2D eigenvalue weighted by atomic mass is 32.2. The first kappa shape index (κ1) is 19.5. The Morgan fingerprint density at radius 2 is 1.55 bits per heavy atom. The van der Waals surface area contributed by atoms with Gasteiger partial charge in [0.05, 0.1) is 11.5 Å². The van der Waals surface area contributed by atoms with Gasteiger partial charge in [0.2, 0.25) is 0 Å². The van der Waals surface area contributed by atoms with Crippen LogP contribution < -0.4 is 0 Å². The molecule has 1 aromatic carbocycles. The lowest BCUT2D eigenvalue weighted by atomic mass is 10.1. The molecule has 0 N–H and O–H groups in total. The first-order valence-corrected chi connectivity index (χ1v) is 10.7. The Hall–Kier alpha value is -0.520. The van der Waals surface area contributed by atoms with Crippen molar-refractivity contribution < 1.29 is 12.6 Å². The molecule has 126 valence electrons. The third-order valence-corrected chi connectivity index (χ3v) is 5.75. The van der Waals surface area contributed by atoms with E-state index in [2.05, 4.69) is 6.92 Å². The molecule has 0 fully saturated rings. The maximum Gasteiger partial charge on any atom is 0.296 e. The van der Waals surface area contributed by atoms with E-state index in [0.717, 1.165) is 24.8 Å². The summed E-state index contributed by atoms with van der Waals surface area (Å²) in [5.41, 5.74) is 1.04. The maximum absolute atomic E-state index is 12.0. The van der Waals surface area contributed by atoms with E-state index in [1.54, 1.807) is 24.3 Å². The monoisotopic (exact) mass is 344 g/mol. The standard InChI is InChI=1S/C17H28O3S2/c1-3-21-15-9-7-5-4-6-8-14-20-22(18,19)17-12-10-16(2)11-13-17/h10-13H,3-9,14-15H2,1-2H3. The van der Waals surface area contributed by atoms with Crippen LogP contribution in [0.1, 0.15) is 51.0 Å². The maximum atomic E-state index is 12.0. The van der Waals surface area contributed by atoms with Crippen LogP contribution in [0.2, 0.25) is 0 Å². The average molecular weight is 345 g/mol. The molecule has 0 amide bonds. The molecule has 0 aliphatic rings. The van der Waals surface area contributed by atoms with Gasteiger partial charge in [0.1, 0.15) is 0 Å². The second-order valence-corrected chi connectivity index (χ2v) is 8.42. The zero-order valence-electron chi connectivity index (χ0n) is 13.7. The molecular formula is C17H28O3S2. The van der Waals surface area contributed by atoms with E-state index in [4.69, 9.17) is 4.18 Å². The van der Waals surface area contributed by atoms with Gasteiger partial charge in [-0.1, -0.05) is 50.3 Å². The Kier molecular flexibility index (Phi) is 9.84. The van der Waals surface area contributed by atoms with Crippen molar-refractivity contribution >= 4 is 21.9 Å². The van der Waals surface area contributed by atoms with Crippen LogP contribution in [0.25, 0.3) is 0 Å². The number of hydrogen-bond acceptors (Lipinski definition) is 4. The third kappa shape index (κ3) is 8.20. The minimum atomic E-state index is -3.59. The Labute approximate surface area is 140 Å². The number of aryl methyl sites for hydroxylation is 1. The molecule has 0 aromatic heterocycles. The number of rotatable bonds is 12. The molecule has 0 bridgehead atoms. The van der Waals surface area contributed by atoms with Crippen LogP contribution >= 0.6 is 11.8 Å². The summed E-state index contributed by atoms with van der Waals surface area (Å²) in [6.45, 7) is 4.40. The summed E-state index contributed by atoms with van der Waals surface area (Å²) in [7, 11) is -3.59. The van der Waals surface area contributed by atoms with E-state index in [0.29, 0.717) is 0 Å². The van der Waals surface area contributed by atoms with Gasteiger partial charge in [0.25, 0.3) is 10.1 Å². The van der Waals surface area contributed by atoms with Gasteiger partial charge in [0, 0.05) is 0 Å². The van der Waals surface area contributed by atoms with Crippen LogP contribution in [-0.2, 0) is 14.3 Å². The van der Waals surface area contributed by atoms with Gasteiger partial charge in [-0.25, -0.2) is 0 Å². The van der Waals surface area contributed by atoms with Gasteiger partial charge in [-0.2, -0.15) is 20.2 Å². The van der Waals surface area contributed by atoms with E-state index < -0.39 is 10.1 Å². The van der Waals surface area contributed by atoms with E-state index >= 15 is 0 Å². The fourth-order valence-electron chi connectivity index (χ4n) is 2.10. The fraction of sp³-hybridized carbons (Fsp3) is 0.647. The first-order valence-electron chi connectivity index (χ1n) is 8.10. The van der Waals surface area contributed by atoms with Crippen LogP contribution in [0.4, 0.5) is 0 Å². The lowest BCUT2D eigenvalue weighted by molar-refractivity contribution is 0.306. The highest BCUT2D eigenvalue weighted by Gasteiger charge is 2.14. The first-order chi connectivity index (χ1) is 10.6. The predicted octanol–water partition coefficient (Wildman–Crippen LogP) is 4.79. The molecule has 0 unspecified atom stereocenters. The van der Waals surface area contributed by atoms with Crippen molar-refractivity contribution in [2.24, 2.45) is 0 Å². The van der Waals surface area contributed by atoms with Crippen LogP contribution in [-0.4, -0.2) is 26.5 Å². The van der Waals surface area contributed by atoms with Crippen LogP contribution in [0.5, 0.6) is 0 Å². The average Bonchev–Trinajstić information content (AvgIpc) is 2.49. The van der Waals surface area contributed by atoms with Crippen molar-refractivity contribution in [3.8, 4) is 0 Å². The zero-order chi connectivity index (χ0) is 16.3. The largest absolute Gasteiger partial charge is 0.296 e. The number of thioether (sulfide) groups is 1. The summed E-state index contributed by atoms with van der Waals surface area (Å²) in [4.78, 5) is 0.242. The number of hydrogen-bond donors (Lipinski definition) is 0. The minimum Gasteiger partial charge on any atom is -0.266 e. The zero-order valence-corrected chi connectivity index (χ0v) is 15.3. The van der Waals surface area contributed by atoms with Crippen molar-refractivity contribution in [3.63, 3.8) is 0 Å². The van der Waals surface area contributed by atoms with Crippen LogP contribution in [0, 0.1) is 6.92 Å². The third-order valence-electron chi connectivity index (χ3n) is 3.44. The summed E-state index contributed by atoms with van der Waals surface area (Å²) in [6.07, 6.45) is 6.78. The smallest absolute Gasteiger partial charge is 0.266 e. The van der Waals surface area contributed by atoms with Crippen LogP contribution in [0.3, 0.4) is 0 Å². The molecule has 1 aromatic rings. The molecule has 0 spiro atoms. The van der Waals surface area contributed by atoms with Crippen molar-refractivity contribution in [1.82, 2.24) is 0 Å². The topological polar surface area (TPSA) is 43.4 Å². The molecule has 0 atom stereocenters.